The van der Waals surface area contributed by atoms with Crippen molar-refractivity contribution in [2.45, 2.75) is 6.42 Å². The van der Waals surface area contributed by atoms with E-state index < -0.39 is 11.8 Å². The summed E-state index contributed by atoms with van der Waals surface area (Å²) in [5.41, 5.74) is 0.980. The van der Waals surface area contributed by atoms with E-state index in [2.05, 4.69) is 10.6 Å². The molecule has 1 rings (SSSR count). The summed E-state index contributed by atoms with van der Waals surface area (Å²) in [5.74, 6) is -1.37. The molecule has 0 saturated carbocycles. The predicted molar refractivity (Wildman–Crippen MR) is 76.0 cm³/mol. The zero-order valence-corrected chi connectivity index (χ0v) is 11.6. The molecule has 20 heavy (non-hydrogen) atoms. The fourth-order valence-electron chi connectivity index (χ4n) is 1.49. The van der Waals surface area contributed by atoms with Crippen LogP contribution in [0.4, 0.5) is 5.69 Å². The van der Waals surface area contributed by atoms with Gasteiger partial charge in [0.2, 0.25) is 0 Å². The van der Waals surface area contributed by atoms with E-state index in [1.807, 2.05) is 25.1 Å². The van der Waals surface area contributed by atoms with Crippen molar-refractivity contribution in [1.82, 2.24) is 10.2 Å². The topological polar surface area (TPSA) is 85.2 Å². The molecule has 0 unspecified atom stereocenters. The number of benzene rings is 1. The first-order valence-corrected chi connectivity index (χ1v) is 6.27. The van der Waals surface area contributed by atoms with Crippen LogP contribution in [-0.4, -0.2) is 43.9 Å². The van der Waals surface area contributed by atoms with E-state index in [1.54, 1.807) is 24.3 Å². The van der Waals surface area contributed by atoms with Crippen molar-refractivity contribution < 1.29 is 9.59 Å². The van der Waals surface area contributed by atoms with Gasteiger partial charge in [-0.2, -0.15) is 5.26 Å². The highest BCUT2D eigenvalue weighted by Crippen LogP contribution is 2.08. The Labute approximate surface area is 118 Å². The molecule has 0 aliphatic carbocycles. The summed E-state index contributed by atoms with van der Waals surface area (Å²) in [6.45, 7) is 1.30. The van der Waals surface area contributed by atoms with Gasteiger partial charge in [-0.15, -0.1) is 0 Å². The fraction of sp³-hybridized carbons (Fsp3) is 0.357. The number of anilines is 1. The molecule has 2 N–H and O–H groups in total. The predicted octanol–water partition coefficient (Wildman–Crippen LogP) is 0.565. The summed E-state index contributed by atoms with van der Waals surface area (Å²) in [6, 6.07) is 8.28. The zero-order chi connectivity index (χ0) is 15.0. The third-order valence-corrected chi connectivity index (χ3v) is 2.55. The summed E-state index contributed by atoms with van der Waals surface area (Å²) in [7, 11) is 3.89. The normalized spacial score (nSPS) is 9.90. The van der Waals surface area contributed by atoms with Crippen LogP contribution in [-0.2, 0) is 9.59 Å². The molecule has 0 aromatic heterocycles. The third-order valence-electron chi connectivity index (χ3n) is 2.55. The quantitative estimate of drug-likeness (QED) is 0.607. The minimum atomic E-state index is -0.709. The maximum atomic E-state index is 11.6. The van der Waals surface area contributed by atoms with Crippen molar-refractivity contribution in [1.29, 1.82) is 5.26 Å². The highest BCUT2D eigenvalue weighted by atomic mass is 16.2. The lowest BCUT2D eigenvalue weighted by Crippen LogP contribution is -2.36. The summed E-state index contributed by atoms with van der Waals surface area (Å²) in [5, 5.41) is 13.7. The smallest absolute Gasteiger partial charge is 0.313 e. The van der Waals surface area contributed by atoms with Gasteiger partial charge < -0.3 is 15.5 Å². The number of nitrogens with zero attached hydrogens (tertiary/aromatic N) is 2. The molecule has 0 radical (unpaired) electrons. The Morgan fingerprint density at radius 3 is 2.40 bits per heavy atom. The highest BCUT2D eigenvalue weighted by Gasteiger charge is 2.12. The van der Waals surface area contributed by atoms with Gasteiger partial charge in [0, 0.05) is 12.2 Å². The highest BCUT2D eigenvalue weighted by molar-refractivity contribution is 6.39. The Morgan fingerprint density at radius 2 is 1.85 bits per heavy atom. The maximum Gasteiger partial charge on any atom is 0.313 e. The van der Waals surface area contributed by atoms with Gasteiger partial charge in [0.05, 0.1) is 11.6 Å². The molecule has 1 aromatic carbocycles. The number of nitrogens with one attached hydrogen (secondary N) is 2. The monoisotopic (exact) mass is 274 g/mol. The van der Waals surface area contributed by atoms with Crippen molar-refractivity contribution in [3.05, 3.63) is 29.8 Å². The Morgan fingerprint density at radius 1 is 1.20 bits per heavy atom. The second kappa shape index (κ2) is 7.92. The lowest BCUT2D eigenvalue weighted by Gasteiger charge is -2.10. The summed E-state index contributed by atoms with van der Waals surface area (Å²) >= 11 is 0. The molecule has 0 aliphatic rings. The molecule has 1 aromatic rings. The fourth-order valence-corrected chi connectivity index (χ4v) is 1.49. The lowest BCUT2D eigenvalue weighted by molar-refractivity contribution is -0.136. The van der Waals surface area contributed by atoms with Crippen molar-refractivity contribution >= 4 is 17.5 Å². The van der Waals surface area contributed by atoms with Gasteiger partial charge >= 0.3 is 11.8 Å². The molecule has 0 fully saturated rings. The van der Waals surface area contributed by atoms with E-state index in [1.165, 1.54) is 0 Å². The third kappa shape index (κ3) is 5.50. The summed E-state index contributed by atoms with van der Waals surface area (Å²) in [4.78, 5) is 25.1. The van der Waals surface area contributed by atoms with Crippen LogP contribution < -0.4 is 10.6 Å². The average Bonchev–Trinajstić information content (AvgIpc) is 2.44. The van der Waals surface area contributed by atoms with Gasteiger partial charge in [0.25, 0.3) is 0 Å². The van der Waals surface area contributed by atoms with Gasteiger partial charge in [-0.3, -0.25) is 9.59 Å². The second-order valence-electron chi connectivity index (χ2n) is 4.56. The Bertz CT molecular complexity index is 503. The standard InChI is InChI=1S/C14H18N4O2/c1-18(2)9-3-8-16-13(19)14(20)17-12-6-4-11(10-15)5-7-12/h4-7H,3,8-9H2,1-2H3,(H,16,19)(H,17,20). The van der Waals surface area contributed by atoms with E-state index in [0.717, 1.165) is 13.0 Å². The number of carbonyl (C=O) groups is 2. The zero-order valence-electron chi connectivity index (χ0n) is 11.6. The summed E-state index contributed by atoms with van der Waals surface area (Å²) in [6.07, 6.45) is 0.781. The van der Waals surface area contributed by atoms with Crippen molar-refractivity contribution in [2.24, 2.45) is 0 Å². The molecule has 0 saturated heterocycles. The van der Waals surface area contributed by atoms with Crippen LogP contribution in [0.3, 0.4) is 0 Å². The van der Waals surface area contributed by atoms with E-state index in [-0.39, 0.29) is 0 Å². The second-order valence-corrected chi connectivity index (χ2v) is 4.56. The first-order valence-electron chi connectivity index (χ1n) is 6.27. The van der Waals surface area contributed by atoms with Crippen LogP contribution in [0.5, 0.6) is 0 Å². The van der Waals surface area contributed by atoms with E-state index in [9.17, 15) is 9.59 Å². The summed E-state index contributed by atoms with van der Waals surface area (Å²) < 4.78 is 0. The Hall–Kier alpha value is -2.39. The van der Waals surface area contributed by atoms with Gasteiger partial charge in [0.1, 0.15) is 0 Å². The first kappa shape index (κ1) is 15.7. The van der Waals surface area contributed by atoms with Crippen LogP contribution in [0.25, 0.3) is 0 Å². The van der Waals surface area contributed by atoms with E-state index >= 15 is 0 Å². The number of hydrogen-bond acceptors (Lipinski definition) is 4. The molecule has 0 spiro atoms. The van der Waals surface area contributed by atoms with E-state index in [0.29, 0.717) is 17.8 Å². The molecule has 6 heteroatoms. The molecular formula is C14H18N4O2. The SMILES string of the molecule is CN(C)CCCNC(=O)C(=O)Nc1ccc(C#N)cc1. The number of hydrogen-bond donors (Lipinski definition) is 2. The molecular weight excluding hydrogens is 256 g/mol. The largest absolute Gasteiger partial charge is 0.348 e. The van der Waals surface area contributed by atoms with Gasteiger partial charge in [-0.1, -0.05) is 0 Å². The van der Waals surface area contributed by atoms with Gasteiger partial charge in [-0.05, 0) is 51.3 Å². The number of carbonyl (C=O) groups excluding carboxylic acids is 2. The molecule has 0 bridgehead atoms. The van der Waals surface area contributed by atoms with Crippen LogP contribution in [0, 0.1) is 11.3 Å². The molecule has 0 heterocycles. The molecule has 6 nitrogen and oxygen atoms in total. The van der Waals surface area contributed by atoms with Crippen molar-refractivity contribution in [3.63, 3.8) is 0 Å². The van der Waals surface area contributed by atoms with Crippen LogP contribution >= 0.6 is 0 Å². The van der Waals surface area contributed by atoms with Gasteiger partial charge in [-0.25, -0.2) is 0 Å². The minimum absolute atomic E-state index is 0.456. The Kier molecular flexibility index (Phi) is 6.20. The number of rotatable bonds is 5. The Balaban J connectivity index is 2.37. The lowest BCUT2D eigenvalue weighted by atomic mass is 10.2. The van der Waals surface area contributed by atoms with Crippen LogP contribution in [0.2, 0.25) is 0 Å². The minimum Gasteiger partial charge on any atom is -0.348 e. The average molecular weight is 274 g/mol. The van der Waals surface area contributed by atoms with Crippen molar-refractivity contribution in [3.8, 4) is 6.07 Å². The number of nitriles is 1. The number of amides is 2. The van der Waals surface area contributed by atoms with Crippen molar-refractivity contribution in [2.75, 3.05) is 32.5 Å². The van der Waals surface area contributed by atoms with Crippen LogP contribution in [0.1, 0.15) is 12.0 Å². The maximum absolute atomic E-state index is 11.6. The first-order chi connectivity index (χ1) is 9.52. The van der Waals surface area contributed by atoms with Gasteiger partial charge in [0.15, 0.2) is 0 Å². The molecule has 106 valence electrons. The molecule has 0 atom stereocenters. The molecule has 0 aliphatic heterocycles. The van der Waals surface area contributed by atoms with Crippen LogP contribution in [0.15, 0.2) is 24.3 Å². The molecule has 2 amide bonds. The van der Waals surface area contributed by atoms with E-state index in [4.69, 9.17) is 5.26 Å².